The minimum absolute atomic E-state index is 0.0946. The van der Waals surface area contributed by atoms with Gasteiger partial charge in [0.05, 0.1) is 11.6 Å². The first-order chi connectivity index (χ1) is 21.9. The molecule has 1 aliphatic heterocycles. The highest BCUT2D eigenvalue weighted by Crippen LogP contribution is 2.33. The van der Waals surface area contributed by atoms with Crippen molar-refractivity contribution in [1.29, 1.82) is 5.26 Å². The normalized spacial score (nSPS) is 17.0. The number of carbonyl (C=O) groups is 3. The van der Waals surface area contributed by atoms with Gasteiger partial charge in [0.1, 0.15) is 30.1 Å². The second-order valence-electron chi connectivity index (χ2n) is 10.4. The third-order valence-electron chi connectivity index (χ3n) is 7.01. The lowest BCUT2D eigenvalue weighted by Gasteiger charge is -2.29. The molecule has 2 aliphatic rings. The van der Waals surface area contributed by atoms with E-state index in [1.54, 1.807) is 17.8 Å². The summed E-state index contributed by atoms with van der Waals surface area (Å²) in [5.74, 6) is -4.94. The maximum atomic E-state index is 13.2. The molecule has 244 valence electrons. The van der Waals surface area contributed by atoms with Crippen molar-refractivity contribution in [3.05, 3.63) is 84.1 Å². The number of aliphatic hydroxyl groups is 1. The average molecular weight is 660 g/mol. The van der Waals surface area contributed by atoms with E-state index in [9.17, 15) is 37.1 Å². The summed E-state index contributed by atoms with van der Waals surface area (Å²) in [6.45, 7) is 0.00116. The van der Waals surface area contributed by atoms with Crippen LogP contribution in [0.1, 0.15) is 37.7 Å². The van der Waals surface area contributed by atoms with Gasteiger partial charge in [0, 0.05) is 54.7 Å². The maximum absolute atomic E-state index is 13.2. The van der Waals surface area contributed by atoms with E-state index >= 15 is 0 Å². The summed E-state index contributed by atoms with van der Waals surface area (Å²) >= 11 is 1.77. The van der Waals surface area contributed by atoms with Crippen LogP contribution in [0.3, 0.4) is 0 Å². The van der Waals surface area contributed by atoms with E-state index in [2.05, 4.69) is 28.7 Å². The molecule has 0 radical (unpaired) electrons. The molecule has 1 saturated heterocycles. The molecular weight excluding hydrogens is 626 g/mol. The number of aliphatic hydroxyl groups excluding tert-OH is 1. The number of halogens is 4. The highest BCUT2D eigenvalue weighted by Gasteiger charge is 2.35. The monoisotopic (exact) mass is 659 g/mol. The van der Waals surface area contributed by atoms with Crippen LogP contribution >= 0.6 is 11.8 Å². The van der Waals surface area contributed by atoms with Crippen molar-refractivity contribution < 1.29 is 37.1 Å². The average Bonchev–Trinajstić information content (AvgIpc) is 3.38. The van der Waals surface area contributed by atoms with Gasteiger partial charge in [-0.3, -0.25) is 19.3 Å². The zero-order valence-electron chi connectivity index (χ0n) is 24.9. The Labute approximate surface area is 268 Å². The standard InChI is InChI=1S/C15H16F4N2O2.C10H9N3O2.C7H8S/c16-10-5-11(17)7-13(6-10)21(9-22)8-14(23)20-12-1-3-15(18,19)4-2-12;11-6-7-1-3-12-9(5-7)13-4-2-8(14)10(13)15;1-8-7-5-3-2-4-6-7/h5-7,9,12H,1-4,8H2,(H,20,23);1,3,5,8,14H,2,4H2;2-6H,1H3. The van der Waals surface area contributed by atoms with E-state index < -0.39 is 36.1 Å². The molecule has 1 saturated carbocycles. The molecule has 0 spiro atoms. The Morgan fingerprint density at radius 2 is 1.78 bits per heavy atom. The lowest BCUT2D eigenvalue weighted by Crippen LogP contribution is -2.44. The van der Waals surface area contributed by atoms with Crippen molar-refractivity contribution in [3.63, 3.8) is 0 Å². The van der Waals surface area contributed by atoms with Crippen molar-refractivity contribution in [3.8, 4) is 6.07 Å². The quantitative estimate of drug-likeness (QED) is 0.206. The Balaban J connectivity index is 0.000000212. The molecule has 1 unspecified atom stereocenters. The van der Waals surface area contributed by atoms with Crippen LogP contribution < -0.4 is 15.1 Å². The van der Waals surface area contributed by atoms with Gasteiger partial charge < -0.3 is 15.3 Å². The van der Waals surface area contributed by atoms with Crippen LogP contribution in [0, 0.1) is 23.0 Å². The first kappa shape index (κ1) is 36.0. The van der Waals surface area contributed by atoms with E-state index in [0.717, 1.165) is 17.0 Å². The number of amides is 3. The minimum atomic E-state index is -2.70. The molecule has 2 heterocycles. The fourth-order valence-corrected chi connectivity index (χ4v) is 5.02. The van der Waals surface area contributed by atoms with Crippen LogP contribution in [0.2, 0.25) is 0 Å². The Morgan fingerprint density at radius 1 is 1.13 bits per heavy atom. The molecule has 3 amide bonds. The molecule has 9 nitrogen and oxygen atoms in total. The highest BCUT2D eigenvalue weighted by atomic mass is 32.2. The number of benzene rings is 2. The number of nitrogens with one attached hydrogen (secondary N) is 1. The lowest BCUT2D eigenvalue weighted by atomic mass is 9.92. The summed E-state index contributed by atoms with van der Waals surface area (Å²) in [6, 6.07) is 17.5. The maximum Gasteiger partial charge on any atom is 0.257 e. The van der Waals surface area contributed by atoms with Crippen molar-refractivity contribution in [2.24, 2.45) is 0 Å². The van der Waals surface area contributed by atoms with Crippen LogP contribution in [0.5, 0.6) is 0 Å². The van der Waals surface area contributed by atoms with Gasteiger partial charge in [0.25, 0.3) is 5.91 Å². The minimum Gasteiger partial charge on any atom is -0.383 e. The van der Waals surface area contributed by atoms with Crippen molar-refractivity contribution in [2.45, 2.75) is 55.1 Å². The van der Waals surface area contributed by atoms with Gasteiger partial charge in [-0.1, -0.05) is 18.2 Å². The molecule has 1 aliphatic carbocycles. The molecule has 3 aromatic rings. The van der Waals surface area contributed by atoms with Gasteiger partial charge >= 0.3 is 0 Å². The van der Waals surface area contributed by atoms with Crippen LogP contribution in [-0.2, 0) is 14.4 Å². The topological polar surface area (TPSA) is 127 Å². The fourth-order valence-electron chi connectivity index (χ4n) is 4.59. The second-order valence-corrected chi connectivity index (χ2v) is 11.3. The zero-order chi connectivity index (χ0) is 33.7. The summed E-state index contributed by atoms with van der Waals surface area (Å²) in [6.07, 6.45) is 3.01. The van der Waals surface area contributed by atoms with E-state index in [0.29, 0.717) is 30.4 Å². The Kier molecular flexibility index (Phi) is 13.5. The van der Waals surface area contributed by atoms with Crippen molar-refractivity contribution in [1.82, 2.24) is 10.3 Å². The van der Waals surface area contributed by atoms with Crippen LogP contribution in [0.4, 0.5) is 29.1 Å². The third-order valence-corrected chi connectivity index (χ3v) is 7.75. The number of carbonyl (C=O) groups excluding carboxylic acids is 3. The van der Waals surface area contributed by atoms with Crippen molar-refractivity contribution >= 4 is 41.5 Å². The summed E-state index contributed by atoms with van der Waals surface area (Å²) in [5, 5.41) is 20.5. The second kappa shape index (κ2) is 17.3. The molecular formula is C32H33F4N5O4S. The number of rotatable bonds is 7. The highest BCUT2D eigenvalue weighted by molar-refractivity contribution is 7.98. The Morgan fingerprint density at radius 3 is 2.30 bits per heavy atom. The van der Waals surface area contributed by atoms with Crippen LogP contribution in [-0.4, -0.2) is 65.7 Å². The molecule has 2 fully saturated rings. The first-order valence-electron chi connectivity index (χ1n) is 14.2. The number of hydrogen-bond acceptors (Lipinski definition) is 7. The zero-order valence-corrected chi connectivity index (χ0v) is 25.7. The molecule has 0 bridgehead atoms. The number of thioether (sulfide) groups is 1. The van der Waals surface area contributed by atoms with E-state index in [4.69, 9.17) is 5.26 Å². The number of pyridine rings is 1. The number of aromatic nitrogens is 1. The predicted molar refractivity (Wildman–Crippen MR) is 165 cm³/mol. The largest absolute Gasteiger partial charge is 0.383 e. The summed E-state index contributed by atoms with van der Waals surface area (Å²) in [4.78, 5) is 42.0. The summed E-state index contributed by atoms with van der Waals surface area (Å²) < 4.78 is 52.4. The number of anilines is 2. The van der Waals surface area contributed by atoms with Crippen LogP contribution in [0.15, 0.2) is 71.8 Å². The summed E-state index contributed by atoms with van der Waals surface area (Å²) in [5.41, 5.74) is 0.358. The van der Waals surface area contributed by atoms with Gasteiger partial charge in [-0.25, -0.2) is 22.5 Å². The molecule has 14 heteroatoms. The molecule has 46 heavy (non-hydrogen) atoms. The first-order valence-corrected chi connectivity index (χ1v) is 15.5. The van der Waals surface area contributed by atoms with Gasteiger partial charge in [-0.15, -0.1) is 11.8 Å². The number of alkyl halides is 2. The van der Waals surface area contributed by atoms with Crippen LogP contribution in [0.25, 0.3) is 0 Å². The fraction of sp³-hybridized carbons (Fsp3) is 0.344. The smallest absolute Gasteiger partial charge is 0.257 e. The number of hydrogen-bond donors (Lipinski definition) is 2. The molecule has 1 atom stereocenters. The summed E-state index contributed by atoms with van der Waals surface area (Å²) in [7, 11) is 0. The van der Waals surface area contributed by atoms with Gasteiger partial charge in [0.15, 0.2) is 0 Å². The molecule has 2 N–H and O–H groups in total. The third kappa shape index (κ3) is 11.1. The van der Waals surface area contributed by atoms with Gasteiger partial charge in [0.2, 0.25) is 18.2 Å². The Hall–Kier alpha value is -4.48. The number of nitriles is 1. The SMILES string of the molecule is CSc1ccccc1.N#Cc1ccnc(N2CCC(O)C2=O)c1.O=CN(CC(=O)NC1CCC(F)(F)CC1)c1cc(F)cc(F)c1. The lowest BCUT2D eigenvalue weighted by molar-refractivity contribution is -0.124. The van der Waals surface area contributed by atoms with Gasteiger partial charge in [-0.2, -0.15) is 5.26 Å². The van der Waals surface area contributed by atoms with E-state index in [-0.39, 0.29) is 49.7 Å². The Bertz CT molecular complexity index is 1500. The van der Waals surface area contributed by atoms with E-state index in [1.807, 2.05) is 24.3 Å². The van der Waals surface area contributed by atoms with E-state index in [1.165, 1.54) is 22.1 Å². The predicted octanol–water partition coefficient (Wildman–Crippen LogP) is 5.08. The molecule has 1 aromatic heterocycles. The van der Waals surface area contributed by atoms with Crippen molar-refractivity contribution in [2.75, 3.05) is 29.1 Å². The molecule has 5 rings (SSSR count). The molecule has 2 aromatic carbocycles. The number of nitrogens with zero attached hydrogens (tertiary/aromatic N) is 4. The van der Waals surface area contributed by atoms with Gasteiger partial charge in [-0.05, 0) is 55.5 Å².